The Bertz CT molecular complexity index is 676. The highest BCUT2D eigenvalue weighted by atomic mass is 32.2. The first-order valence-corrected chi connectivity index (χ1v) is 10.9. The Kier molecular flexibility index (Phi) is 6.02. The highest BCUT2D eigenvalue weighted by Crippen LogP contribution is 2.28. The normalized spacial score (nSPS) is 20.9. The van der Waals surface area contributed by atoms with E-state index in [1.807, 2.05) is 6.92 Å². The molecule has 0 amide bonds. The molecule has 0 radical (unpaired) electrons. The summed E-state index contributed by atoms with van der Waals surface area (Å²) in [5, 5.41) is 0. The summed E-state index contributed by atoms with van der Waals surface area (Å²) in [5.41, 5.74) is 0.829. The van der Waals surface area contributed by atoms with Crippen LogP contribution in [0, 0.1) is 12.8 Å². The van der Waals surface area contributed by atoms with Gasteiger partial charge in [-0.2, -0.15) is 0 Å². The number of aryl methyl sites for hydroxylation is 1. The number of rotatable bonds is 6. The fourth-order valence-electron chi connectivity index (χ4n) is 4.12. The smallest absolute Gasteiger partial charge is 0.240 e. The van der Waals surface area contributed by atoms with Gasteiger partial charge in [-0.3, -0.25) is 0 Å². The molecule has 0 aromatic heterocycles. The maximum Gasteiger partial charge on any atom is 0.240 e. The molecule has 1 heterocycles. The monoisotopic (exact) mass is 366 g/mol. The molecular formula is C19H30N2O3S. The average molecular weight is 367 g/mol. The maximum atomic E-state index is 12.5. The molecule has 1 saturated carbocycles. The predicted octanol–water partition coefficient (Wildman–Crippen LogP) is 2.94. The molecule has 0 unspecified atom stereocenters. The number of likely N-dealkylation sites (tertiary alicyclic amines) is 1. The van der Waals surface area contributed by atoms with Gasteiger partial charge in [0.25, 0.3) is 0 Å². The summed E-state index contributed by atoms with van der Waals surface area (Å²) in [5.74, 6) is 1.14. The van der Waals surface area contributed by atoms with Crippen molar-refractivity contribution in [3.63, 3.8) is 0 Å². The summed E-state index contributed by atoms with van der Waals surface area (Å²) >= 11 is 0. The minimum Gasteiger partial charge on any atom is -0.496 e. The Morgan fingerprint density at radius 1 is 1.16 bits per heavy atom. The van der Waals surface area contributed by atoms with E-state index in [0.717, 1.165) is 37.5 Å². The quantitative estimate of drug-likeness (QED) is 0.841. The maximum absolute atomic E-state index is 12.5. The van der Waals surface area contributed by atoms with Crippen molar-refractivity contribution in [2.45, 2.75) is 56.4 Å². The lowest BCUT2D eigenvalue weighted by Crippen LogP contribution is -2.42. The molecule has 1 aliphatic carbocycles. The van der Waals surface area contributed by atoms with Crippen molar-refractivity contribution < 1.29 is 13.2 Å². The van der Waals surface area contributed by atoms with Gasteiger partial charge in [-0.05, 0) is 75.4 Å². The molecule has 2 aliphatic rings. The molecule has 1 N–H and O–H groups in total. The Morgan fingerprint density at radius 2 is 1.84 bits per heavy atom. The third-order valence-corrected chi connectivity index (χ3v) is 7.15. The number of nitrogens with zero attached hydrogens (tertiary/aromatic N) is 1. The highest BCUT2D eigenvalue weighted by Gasteiger charge is 2.27. The van der Waals surface area contributed by atoms with Crippen LogP contribution in [0.15, 0.2) is 23.1 Å². The summed E-state index contributed by atoms with van der Waals surface area (Å²) in [6.45, 7) is 4.61. The predicted molar refractivity (Wildman–Crippen MR) is 99.5 cm³/mol. The van der Waals surface area contributed by atoms with Crippen LogP contribution in [0.4, 0.5) is 0 Å². The fraction of sp³-hybridized carbons (Fsp3) is 0.684. The summed E-state index contributed by atoms with van der Waals surface area (Å²) in [4.78, 5) is 2.93. The standard InChI is InChI=1S/C19H30N2O3S/c1-15-13-18(7-8-19(15)24-2)25(22,23)20-14-16-9-11-21(12-10-16)17-5-3-4-6-17/h7-8,13,16-17,20H,3-6,9-12,14H2,1-2H3. The first-order chi connectivity index (χ1) is 12.0. The van der Waals surface area contributed by atoms with Gasteiger partial charge in [0.15, 0.2) is 0 Å². The Morgan fingerprint density at radius 3 is 2.44 bits per heavy atom. The SMILES string of the molecule is COc1ccc(S(=O)(=O)NCC2CCN(C3CCCC3)CC2)cc1C. The van der Waals surface area contributed by atoms with Gasteiger partial charge < -0.3 is 9.64 Å². The van der Waals surface area contributed by atoms with Gasteiger partial charge in [-0.1, -0.05) is 12.8 Å². The van der Waals surface area contributed by atoms with Crippen LogP contribution in [0.1, 0.15) is 44.1 Å². The Balaban J connectivity index is 1.52. The molecule has 1 aromatic rings. The van der Waals surface area contributed by atoms with Crippen LogP contribution in [0.3, 0.4) is 0 Å². The van der Waals surface area contributed by atoms with Crippen molar-refractivity contribution in [1.29, 1.82) is 0 Å². The van der Waals surface area contributed by atoms with E-state index >= 15 is 0 Å². The first kappa shape index (κ1) is 18.7. The molecule has 3 rings (SSSR count). The van der Waals surface area contributed by atoms with Gasteiger partial charge in [0.1, 0.15) is 5.75 Å². The second-order valence-electron chi connectivity index (χ2n) is 7.40. The second-order valence-corrected chi connectivity index (χ2v) is 9.17. The number of piperidine rings is 1. The van der Waals surface area contributed by atoms with E-state index in [-0.39, 0.29) is 0 Å². The van der Waals surface area contributed by atoms with Gasteiger partial charge in [0.05, 0.1) is 12.0 Å². The van der Waals surface area contributed by atoms with E-state index in [9.17, 15) is 8.42 Å². The number of ether oxygens (including phenoxy) is 1. The van der Waals surface area contributed by atoms with E-state index in [1.165, 1.54) is 25.7 Å². The Labute approximate surface area is 151 Å². The van der Waals surface area contributed by atoms with Crippen LogP contribution in [-0.2, 0) is 10.0 Å². The summed E-state index contributed by atoms with van der Waals surface area (Å²) in [6.07, 6.45) is 7.58. The molecule has 1 saturated heterocycles. The zero-order valence-corrected chi connectivity index (χ0v) is 16.1. The highest BCUT2D eigenvalue weighted by molar-refractivity contribution is 7.89. The number of benzene rings is 1. The number of sulfonamides is 1. The van der Waals surface area contributed by atoms with Crippen LogP contribution in [-0.4, -0.2) is 46.1 Å². The van der Waals surface area contributed by atoms with Crippen molar-refractivity contribution in [2.24, 2.45) is 5.92 Å². The van der Waals surface area contributed by atoms with Crippen molar-refractivity contribution in [3.8, 4) is 5.75 Å². The summed E-state index contributed by atoms with van der Waals surface area (Å²) < 4.78 is 33.1. The molecule has 0 spiro atoms. The van der Waals surface area contributed by atoms with Crippen LogP contribution in [0.5, 0.6) is 5.75 Å². The molecular weight excluding hydrogens is 336 g/mol. The second kappa shape index (κ2) is 8.06. The van der Waals surface area contributed by atoms with Crippen molar-refractivity contribution in [1.82, 2.24) is 9.62 Å². The van der Waals surface area contributed by atoms with Crippen molar-refractivity contribution >= 4 is 10.0 Å². The number of hydrogen-bond acceptors (Lipinski definition) is 4. The molecule has 140 valence electrons. The van der Waals surface area contributed by atoms with E-state index in [4.69, 9.17) is 4.74 Å². The van der Waals surface area contributed by atoms with E-state index in [1.54, 1.807) is 25.3 Å². The first-order valence-electron chi connectivity index (χ1n) is 9.38. The van der Waals surface area contributed by atoms with E-state index in [0.29, 0.717) is 23.1 Å². The van der Waals surface area contributed by atoms with E-state index < -0.39 is 10.0 Å². The molecule has 0 bridgehead atoms. The zero-order valence-electron chi connectivity index (χ0n) is 15.3. The number of methoxy groups -OCH3 is 1. The lowest BCUT2D eigenvalue weighted by Gasteiger charge is -2.36. The van der Waals surface area contributed by atoms with Gasteiger partial charge in [0.2, 0.25) is 10.0 Å². The molecule has 5 nitrogen and oxygen atoms in total. The summed E-state index contributed by atoms with van der Waals surface area (Å²) in [7, 11) is -1.87. The lowest BCUT2D eigenvalue weighted by molar-refractivity contribution is 0.135. The van der Waals surface area contributed by atoms with Crippen LogP contribution in [0.25, 0.3) is 0 Å². The van der Waals surface area contributed by atoms with Gasteiger partial charge in [-0.25, -0.2) is 13.1 Å². The number of nitrogens with one attached hydrogen (secondary N) is 1. The molecule has 1 aliphatic heterocycles. The van der Waals surface area contributed by atoms with E-state index in [2.05, 4.69) is 9.62 Å². The van der Waals surface area contributed by atoms with Gasteiger partial charge in [-0.15, -0.1) is 0 Å². The topological polar surface area (TPSA) is 58.6 Å². The average Bonchev–Trinajstić information content (AvgIpc) is 3.15. The minimum absolute atomic E-state index is 0.314. The lowest BCUT2D eigenvalue weighted by atomic mass is 9.96. The van der Waals surface area contributed by atoms with Crippen molar-refractivity contribution in [2.75, 3.05) is 26.7 Å². The van der Waals surface area contributed by atoms with Crippen LogP contribution < -0.4 is 9.46 Å². The third-order valence-electron chi connectivity index (χ3n) is 5.73. The van der Waals surface area contributed by atoms with Crippen LogP contribution >= 0.6 is 0 Å². The largest absolute Gasteiger partial charge is 0.496 e. The Hall–Kier alpha value is -1.11. The molecule has 25 heavy (non-hydrogen) atoms. The number of hydrogen-bond donors (Lipinski definition) is 1. The van der Waals surface area contributed by atoms with Gasteiger partial charge >= 0.3 is 0 Å². The zero-order chi connectivity index (χ0) is 17.9. The fourth-order valence-corrected chi connectivity index (χ4v) is 5.32. The minimum atomic E-state index is -3.46. The third kappa shape index (κ3) is 4.54. The summed E-state index contributed by atoms with van der Waals surface area (Å²) in [6, 6.07) is 5.77. The van der Waals surface area contributed by atoms with Crippen molar-refractivity contribution in [3.05, 3.63) is 23.8 Å². The van der Waals surface area contributed by atoms with Crippen LogP contribution in [0.2, 0.25) is 0 Å². The molecule has 6 heteroatoms. The molecule has 1 aromatic carbocycles. The molecule has 2 fully saturated rings. The molecule has 0 atom stereocenters. The van der Waals surface area contributed by atoms with Gasteiger partial charge in [0, 0.05) is 12.6 Å².